The number of hydrogen-bond donors (Lipinski definition) is 0. The van der Waals surface area contributed by atoms with Gasteiger partial charge in [-0.2, -0.15) is 78.9 Å². The molecule has 1 aliphatic carbocycles. The number of allylic oxidation sites excluding steroid dienone is 4. The Morgan fingerprint density at radius 3 is 1.49 bits per heavy atom. The Labute approximate surface area is 321 Å². The SMILES string of the molecule is Cl.Cl.[C-]1=CC=CC1.[Si]=[Zr].[c-]1ccccc1.[c-]1ccccc1.c1ccc(CN(Cc2ccccc2)c2cccc3[cH-]c4ccccc4c23)cc1. The molecule has 0 saturated carbocycles. The second-order valence-electron chi connectivity index (χ2n) is 10.5. The smallest absolute Gasteiger partial charge is 0.0427 e. The predicted molar refractivity (Wildman–Crippen MR) is 212 cm³/mol. The first kappa shape index (κ1) is 41.3. The van der Waals surface area contributed by atoms with Gasteiger partial charge in [-0.25, -0.2) is 12.2 Å². The van der Waals surface area contributed by atoms with Gasteiger partial charge in [0.25, 0.3) is 0 Å². The molecule has 0 spiro atoms. The Bertz CT molecular complexity index is 1760. The van der Waals surface area contributed by atoms with Crippen LogP contribution >= 0.6 is 24.8 Å². The number of benzene rings is 6. The summed E-state index contributed by atoms with van der Waals surface area (Å²) >= 11 is 1.36. The van der Waals surface area contributed by atoms with Gasteiger partial charge in [0.15, 0.2) is 0 Å². The van der Waals surface area contributed by atoms with E-state index in [1.165, 1.54) is 61.7 Å². The number of fused-ring (bicyclic) bond motifs is 3. The van der Waals surface area contributed by atoms with Gasteiger partial charge in [0.1, 0.15) is 0 Å². The van der Waals surface area contributed by atoms with Gasteiger partial charge in [-0.05, 0) is 11.1 Å². The van der Waals surface area contributed by atoms with Gasteiger partial charge in [-0.1, -0.05) is 96.4 Å². The van der Waals surface area contributed by atoms with Crippen molar-refractivity contribution in [1.29, 1.82) is 0 Å². The Hall–Kier alpha value is -3.85. The fourth-order valence-electron chi connectivity index (χ4n) is 5.11. The predicted octanol–water partition coefficient (Wildman–Crippen LogP) is 11.7. The largest absolute Gasteiger partial charge is 0.369 e. The summed E-state index contributed by atoms with van der Waals surface area (Å²) in [5.41, 5.74) is 3.95. The molecule has 7 aromatic carbocycles. The van der Waals surface area contributed by atoms with E-state index in [9.17, 15) is 0 Å². The average Bonchev–Trinajstić information content (AvgIpc) is 3.88. The summed E-state index contributed by atoms with van der Waals surface area (Å²) < 4.78 is 0. The van der Waals surface area contributed by atoms with E-state index in [0.717, 1.165) is 19.5 Å². The molecule has 5 heteroatoms. The zero-order chi connectivity index (χ0) is 32.8. The van der Waals surface area contributed by atoms with Crippen molar-refractivity contribution in [3.63, 3.8) is 0 Å². The van der Waals surface area contributed by atoms with E-state index in [0.29, 0.717) is 0 Å². The van der Waals surface area contributed by atoms with Crippen molar-refractivity contribution in [3.8, 4) is 0 Å². The van der Waals surface area contributed by atoms with Crippen LogP contribution in [-0.4, -0.2) is 6.88 Å². The molecule has 8 rings (SSSR count). The normalized spacial score (nSPS) is 10.2. The summed E-state index contributed by atoms with van der Waals surface area (Å²) in [6.45, 7) is 4.83. The molecular weight excluding hydrogens is 733 g/mol. The fourth-order valence-corrected chi connectivity index (χ4v) is 5.11. The van der Waals surface area contributed by atoms with Crippen LogP contribution in [0.5, 0.6) is 0 Å². The van der Waals surface area contributed by atoms with E-state index in [4.69, 9.17) is 0 Å². The number of halogens is 2. The van der Waals surface area contributed by atoms with Gasteiger partial charge in [0.05, 0.1) is 0 Å². The molecule has 1 nitrogen and oxygen atoms in total. The molecule has 1 aliphatic rings. The first-order valence-electron chi connectivity index (χ1n) is 15.6. The quantitative estimate of drug-likeness (QED) is 0.124. The number of nitrogens with zero attached hydrogens (tertiary/aromatic N) is 1. The van der Waals surface area contributed by atoms with E-state index in [-0.39, 0.29) is 24.8 Å². The average molecular weight is 772 g/mol. The molecule has 0 N–H and O–H groups in total. The van der Waals surface area contributed by atoms with Crippen LogP contribution in [0.15, 0.2) is 188 Å². The minimum absolute atomic E-state index is 0. The molecule has 0 saturated heterocycles. The van der Waals surface area contributed by atoms with E-state index in [1.807, 2.05) is 72.8 Å². The summed E-state index contributed by atoms with van der Waals surface area (Å²) in [5.74, 6) is 0. The summed E-state index contributed by atoms with van der Waals surface area (Å²) in [7, 11) is 0. The van der Waals surface area contributed by atoms with Crippen molar-refractivity contribution in [2.24, 2.45) is 0 Å². The third-order valence-electron chi connectivity index (χ3n) is 7.19. The first-order valence-corrected chi connectivity index (χ1v) is 19.8. The standard InChI is InChI=1S/C27H22N.2C6H5.C5H5.2ClH.Si.Zr/c1-3-10-21(11-4-1)19-28(20-22-12-5-2-6-13-22)26-17-9-15-24-18-23-14-7-8-16-25(23)27(24)26;2*1-2-4-6-5-3-1;1-2-4-5-3-1;;;;/h1-18H,19-20H2;2*1-5H;1-3H,4H2;2*1H;;/q4*-1;;;;. The van der Waals surface area contributed by atoms with Crippen LogP contribution in [0.2, 0.25) is 0 Å². The van der Waals surface area contributed by atoms with Crippen LogP contribution < -0.4 is 4.90 Å². The zero-order valence-electron chi connectivity index (χ0n) is 27.3. The molecule has 0 atom stereocenters. The minimum atomic E-state index is 0. The molecule has 0 bridgehead atoms. The van der Waals surface area contributed by atoms with Crippen LogP contribution in [0.1, 0.15) is 17.5 Å². The van der Waals surface area contributed by atoms with E-state index in [1.54, 1.807) is 0 Å². The molecule has 0 heterocycles. The van der Waals surface area contributed by atoms with Crippen molar-refractivity contribution >= 4 is 58.9 Å². The molecule has 0 unspecified atom stereocenters. The van der Waals surface area contributed by atoms with E-state index in [2.05, 4.69) is 145 Å². The minimum Gasteiger partial charge on any atom is -0.369 e. The van der Waals surface area contributed by atoms with Crippen LogP contribution in [0, 0.1) is 18.2 Å². The Morgan fingerprint density at radius 1 is 0.571 bits per heavy atom. The van der Waals surface area contributed by atoms with Crippen LogP contribution in [0.25, 0.3) is 21.5 Å². The third kappa shape index (κ3) is 14.3. The molecule has 49 heavy (non-hydrogen) atoms. The fraction of sp³-hybridized carbons (Fsp3) is 0.0682. The number of anilines is 1. The summed E-state index contributed by atoms with van der Waals surface area (Å²) in [6.07, 6.45) is 10.0. The van der Waals surface area contributed by atoms with Crippen molar-refractivity contribution in [2.75, 3.05) is 4.90 Å². The molecule has 7 aromatic rings. The molecule has 0 aliphatic heterocycles. The van der Waals surface area contributed by atoms with Crippen molar-refractivity contribution in [2.45, 2.75) is 19.5 Å². The van der Waals surface area contributed by atoms with Gasteiger partial charge in [-0.3, -0.25) is 6.08 Å². The number of rotatable bonds is 5. The Kier molecular flexibility index (Phi) is 21.2. The van der Waals surface area contributed by atoms with Gasteiger partial charge in [0, 0.05) is 18.8 Å². The molecule has 0 amide bonds. The monoisotopic (exact) mass is 769 g/mol. The maximum absolute atomic E-state index is 3.06. The van der Waals surface area contributed by atoms with Crippen molar-refractivity contribution in [1.82, 2.24) is 0 Å². The van der Waals surface area contributed by atoms with Crippen LogP contribution in [-0.2, 0) is 36.4 Å². The van der Waals surface area contributed by atoms with Gasteiger partial charge >= 0.3 is 30.2 Å². The summed E-state index contributed by atoms with van der Waals surface area (Å²) in [5, 5.41) is 5.30. The summed E-state index contributed by atoms with van der Waals surface area (Å²) in [4.78, 5) is 2.50. The Balaban J connectivity index is 0.000000323. The van der Waals surface area contributed by atoms with E-state index < -0.39 is 0 Å². The van der Waals surface area contributed by atoms with Crippen LogP contribution in [0.3, 0.4) is 0 Å². The summed E-state index contributed by atoms with van der Waals surface area (Å²) in [6, 6.07) is 64.1. The molecule has 246 valence electrons. The second kappa shape index (κ2) is 25.2. The van der Waals surface area contributed by atoms with Gasteiger partial charge < -0.3 is 4.90 Å². The maximum atomic E-state index is 3.06. The zero-order valence-corrected chi connectivity index (χ0v) is 32.4. The van der Waals surface area contributed by atoms with Crippen molar-refractivity contribution < 1.29 is 23.3 Å². The Morgan fingerprint density at radius 2 is 1.06 bits per heavy atom. The topological polar surface area (TPSA) is 3.24 Å². The van der Waals surface area contributed by atoms with Crippen molar-refractivity contribution in [3.05, 3.63) is 217 Å². The molecular formula is C44H39Cl2NSiZr-4. The maximum Gasteiger partial charge on any atom is 0.0427 e. The first-order chi connectivity index (χ1) is 23.4. The molecule has 2 radical (unpaired) electrons. The number of hydrogen-bond acceptors (Lipinski definition) is 1. The van der Waals surface area contributed by atoms with Gasteiger partial charge in [0.2, 0.25) is 0 Å². The van der Waals surface area contributed by atoms with Gasteiger partial charge in [-0.15, -0.1) is 65.6 Å². The molecule has 0 aromatic heterocycles. The molecule has 0 fully saturated rings. The van der Waals surface area contributed by atoms with E-state index >= 15 is 0 Å². The second-order valence-corrected chi connectivity index (χ2v) is 10.5. The third-order valence-corrected chi connectivity index (χ3v) is 7.19. The van der Waals surface area contributed by atoms with Crippen LogP contribution in [0.4, 0.5) is 5.69 Å².